The van der Waals surface area contributed by atoms with Gasteiger partial charge < -0.3 is 15.4 Å². The van der Waals surface area contributed by atoms with Crippen molar-refractivity contribution < 1.29 is 4.74 Å². The van der Waals surface area contributed by atoms with Crippen LogP contribution in [0.15, 0.2) is 33.9 Å². The molecule has 2 aromatic rings. The molecule has 8 heteroatoms. The summed E-state index contributed by atoms with van der Waals surface area (Å²) in [6.45, 7) is 3.40. The van der Waals surface area contributed by atoms with E-state index in [0.717, 1.165) is 26.8 Å². The number of aryl methyl sites for hydroxylation is 1. The van der Waals surface area contributed by atoms with Crippen molar-refractivity contribution in [1.29, 1.82) is 0 Å². The van der Waals surface area contributed by atoms with Gasteiger partial charge in [0.15, 0.2) is 5.96 Å². The Morgan fingerprint density at radius 1 is 1.35 bits per heavy atom. The molecule has 0 aliphatic rings. The lowest BCUT2D eigenvalue weighted by atomic mass is 10.2. The Balaban J connectivity index is 0.00000264. The first-order valence-corrected chi connectivity index (χ1v) is 8.41. The zero-order chi connectivity index (χ0) is 15.9. The van der Waals surface area contributed by atoms with Crippen LogP contribution in [0.4, 0.5) is 0 Å². The molecule has 126 valence electrons. The highest BCUT2D eigenvalue weighted by molar-refractivity contribution is 14.0. The predicted molar refractivity (Wildman–Crippen MR) is 110 cm³/mol. The number of methoxy groups -OCH3 is 1. The number of halogens is 2. The maximum absolute atomic E-state index is 5.23. The van der Waals surface area contributed by atoms with Gasteiger partial charge >= 0.3 is 0 Å². The van der Waals surface area contributed by atoms with E-state index >= 15 is 0 Å². The van der Waals surface area contributed by atoms with Gasteiger partial charge in [0.2, 0.25) is 0 Å². The normalized spacial score (nSPS) is 10.9. The van der Waals surface area contributed by atoms with E-state index in [9.17, 15) is 0 Å². The van der Waals surface area contributed by atoms with Crippen LogP contribution in [0.1, 0.15) is 15.4 Å². The number of nitrogens with zero attached hydrogens (tertiary/aromatic N) is 2. The summed E-state index contributed by atoms with van der Waals surface area (Å²) in [4.78, 5) is 9.75. The molecule has 0 fully saturated rings. The highest BCUT2D eigenvalue weighted by Gasteiger charge is 2.04. The molecule has 1 aromatic heterocycles. The standard InChI is InChI=1S/C15H19BrN4OS.HI/c1-10-7-18-14(22-10)9-20-15(17-2)19-8-11-4-5-13(21-3)12(16)6-11;/h4-7H,8-9H2,1-3H3,(H2,17,19,20);1H. The van der Waals surface area contributed by atoms with Crippen molar-refractivity contribution in [2.24, 2.45) is 4.99 Å². The molecule has 0 atom stereocenters. The van der Waals surface area contributed by atoms with E-state index in [0.29, 0.717) is 13.1 Å². The molecule has 2 rings (SSSR count). The zero-order valence-corrected chi connectivity index (χ0v) is 18.0. The van der Waals surface area contributed by atoms with Crippen LogP contribution in [0.3, 0.4) is 0 Å². The topological polar surface area (TPSA) is 58.5 Å². The van der Waals surface area contributed by atoms with Gasteiger partial charge in [-0.3, -0.25) is 4.99 Å². The van der Waals surface area contributed by atoms with Crippen molar-refractivity contribution >= 4 is 57.2 Å². The van der Waals surface area contributed by atoms with Crippen molar-refractivity contribution in [2.45, 2.75) is 20.0 Å². The lowest BCUT2D eigenvalue weighted by Gasteiger charge is -2.12. The smallest absolute Gasteiger partial charge is 0.191 e. The summed E-state index contributed by atoms with van der Waals surface area (Å²) in [5, 5.41) is 7.59. The van der Waals surface area contributed by atoms with Gasteiger partial charge in [-0.15, -0.1) is 35.3 Å². The molecule has 1 aromatic carbocycles. The molecule has 0 spiro atoms. The number of benzene rings is 1. The quantitative estimate of drug-likeness (QED) is 0.366. The molecule has 0 unspecified atom stereocenters. The molecule has 1 heterocycles. The second-order valence-electron chi connectivity index (χ2n) is 4.61. The Bertz CT molecular complexity index is 663. The average Bonchev–Trinajstić information content (AvgIpc) is 2.93. The van der Waals surface area contributed by atoms with E-state index in [1.165, 1.54) is 4.88 Å². The number of thiazole rings is 1. The lowest BCUT2D eigenvalue weighted by Crippen LogP contribution is -2.36. The number of hydrogen-bond donors (Lipinski definition) is 2. The SMILES string of the molecule is CN=C(NCc1ccc(OC)c(Br)c1)NCc1ncc(C)s1.I. The molecular weight excluding hydrogens is 491 g/mol. The van der Waals surface area contributed by atoms with E-state index in [1.807, 2.05) is 24.4 Å². The number of ether oxygens (including phenoxy) is 1. The summed E-state index contributed by atoms with van der Waals surface area (Å²) in [6, 6.07) is 5.99. The van der Waals surface area contributed by atoms with E-state index in [2.05, 4.69) is 43.5 Å². The van der Waals surface area contributed by atoms with Gasteiger partial charge in [-0.25, -0.2) is 4.98 Å². The highest BCUT2D eigenvalue weighted by atomic mass is 127. The number of aromatic nitrogens is 1. The maximum Gasteiger partial charge on any atom is 0.191 e. The molecule has 0 saturated heterocycles. The largest absolute Gasteiger partial charge is 0.496 e. The summed E-state index contributed by atoms with van der Waals surface area (Å²) < 4.78 is 6.17. The third-order valence-corrected chi connectivity index (χ3v) is 4.51. The summed E-state index contributed by atoms with van der Waals surface area (Å²) in [5.41, 5.74) is 1.14. The van der Waals surface area contributed by atoms with Crippen LogP contribution in [0, 0.1) is 6.92 Å². The number of nitrogens with one attached hydrogen (secondary N) is 2. The first kappa shape index (κ1) is 20.2. The monoisotopic (exact) mass is 510 g/mol. The van der Waals surface area contributed by atoms with Gasteiger partial charge in [0, 0.05) is 24.7 Å². The molecule has 5 nitrogen and oxygen atoms in total. The number of guanidine groups is 1. The fourth-order valence-electron chi connectivity index (χ4n) is 1.87. The van der Waals surface area contributed by atoms with Crippen LogP contribution in [-0.4, -0.2) is 25.1 Å². The highest BCUT2D eigenvalue weighted by Crippen LogP contribution is 2.25. The second-order valence-corrected chi connectivity index (χ2v) is 6.79. The Labute approximate surface area is 166 Å². The average molecular weight is 511 g/mol. The van der Waals surface area contributed by atoms with E-state index < -0.39 is 0 Å². The van der Waals surface area contributed by atoms with Crippen molar-refractivity contribution in [3.63, 3.8) is 0 Å². The van der Waals surface area contributed by atoms with Crippen molar-refractivity contribution in [3.05, 3.63) is 44.3 Å². The van der Waals surface area contributed by atoms with Crippen molar-refractivity contribution in [3.8, 4) is 5.75 Å². The van der Waals surface area contributed by atoms with Gasteiger partial charge in [0.1, 0.15) is 10.8 Å². The Hall–Kier alpha value is -0.870. The van der Waals surface area contributed by atoms with Gasteiger partial charge in [-0.05, 0) is 40.5 Å². The summed E-state index contributed by atoms with van der Waals surface area (Å²) in [6.07, 6.45) is 1.88. The fraction of sp³-hybridized carbons (Fsp3) is 0.333. The first-order chi connectivity index (χ1) is 10.6. The molecule has 0 amide bonds. The van der Waals surface area contributed by atoms with Gasteiger partial charge in [-0.1, -0.05) is 6.07 Å². The Kier molecular flexibility index (Phi) is 8.85. The molecule has 0 aliphatic carbocycles. The second kappa shape index (κ2) is 10.1. The molecular formula is C15H20BrIN4OS. The van der Waals surface area contributed by atoms with Crippen molar-refractivity contribution in [1.82, 2.24) is 15.6 Å². The fourth-order valence-corrected chi connectivity index (χ4v) is 3.18. The van der Waals surface area contributed by atoms with Crippen LogP contribution >= 0.6 is 51.2 Å². The molecule has 0 radical (unpaired) electrons. The first-order valence-electron chi connectivity index (χ1n) is 6.80. The van der Waals surface area contributed by atoms with Gasteiger partial charge in [-0.2, -0.15) is 0 Å². The number of hydrogen-bond acceptors (Lipinski definition) is 4. The van der Waals surface area contributed by atoms with Crippen LogP contribution in [-0.2, 0) is 13.1 Å². The summed E-state index contributed by atoms with van der Waals surface area (Å²) >= 11 is 5.17. The molecule has 0 bridgehead atoms. The van der Waals surface area contributed by atoms with Crippen molar-refractivity contribution in [2.75, 3.05) is 14.2 Å². The van der Waals surface area contributed by atoms with Crippen LogP contribution < -0.4 is 15.4 Å². The molecule has 23 heavy (non-hydrogen) atoms. The third-order valence-electron chi connectivity index (χ3n) is 2.98. The minimum Gasteiger partial charge on any atom is -0.496 e. The molecule has 0 aliphatic heterocycles. The van der Waals surface area contributed by atoms with Gasteiger partial charge in [0.05, 0.1) is 18.1 Å². The number of rotatable bonds is 5. The lowest BCUT2D eigenvalue weighted by molar-refractivity contribution is 0.412. The Morgan fingerprint density at radius 3 is 2.65 bits per heavy atom. The molecule has 2 N–H and O–H groups in total. The van der Waals surface area contributed by atoms with E-state index in [1.54, 1.807) is 25.5 Å². The minimum absolute atomic E-state index is 0. The maximum atomic E-state index is 5.23. The van der Waals surface area contributed by atoms with E-state index in [-0.39, 0.29) is 24.0 Å². The van der Waals surface area contributed by atoms with Crippen LogP contribution in [0.25, 0.3) is 0 Å². The zero-order valence-electron chi connectivity index (χ0n) is 13.2. The Morgan fingerprint density at radius 2 is 2.09 bits per heavy atom. The molecule has 0 saturated carbocycles. The van der Waals surface area contributed by atoms with Gasteiger partial charge in [0.25, 0.3) is 0 Å². The summed E-state index contributed by atoms with van der Waals surface area (Å²) in [7, 11) is 3.41. The predicted octanol–water partition coefficient (Wildman–Crippen LogP) is 3.71. The third kappa shape index (κ3) is 6.27. The van der Waals surface area contributed by atoms with E-state index in [4.69, 9.17) is 4.74 Å². The minimum atomic E-state index is 0. The summed E-state index contributed by atoms with van der Waals surface area (Å²) in [5.74, 6) is 1.57. The van der Waals surface area contributed by atoms with Crippen LogP contribution in [0.5, 0.6) is 5.75 Å². The number of aliphatic imine (C=N–C) groups is 1. The van der Waals surface area contributed by atoms with Crippen LogP contribution in [0.2, 0.25) is 0 Å².